The number of benzene rings is 7. The lowest BCUT2D eigenvalue weighted by Crippen LogP contribution is -2.63. The second-order valence-electron chi connectivity index (χ2n) is 20.2. The van der Waals surface area contributed by atoms with E-state index in [0.717, 1.165) is 16.7 Å². The van der Waals surface area contributed by atoms with E-state index in [1.54, 1.807) is 87.0 Å². The summed E-state index contributed by atoms with van der Waals surface area (Å²) < 4.78 is 60.5. The summed E-state index contributed by atoms with van der Waals surface area (Å²) >= 11 is 0. The van der Waals surface area contributed by atoms with Gasteiger partial charge in [-0.1, -0.05) is 127 Å². The van der Waals surface area contributed by atoms with E-state index in [1.807, 2.05) is 78.9 Å². The molecule has 1 saturated carbocycles. The number of Topliss-reactive ketones (excluding diaryl/α,β-unsaturated/α-hetero) is 1. The van der Waals surface area contributed by atoms with Gasteiger partial charge >= 0.3 is 23.9 Å². The van der Waals surface area contributed by atoms with Gasteiger partial charge in [-0.25, -0.2) is 19.2 Å². The molecule has 1 aliphatic carbocycles. The van der Waals surface area contributed by atoms with Gasteiger partial charge in [0.1, 0.15) is 43.0 Å². The van der Waals surface area contributed by atoms with E-state index in [4.69, 9.17) is 47.4 Å². The number of aliphatic hydroxyl groups excluding tert-OH is 1. The van der Waals surface area contributed by atoms with Crippen molar-refractivity contribution in [3.8, 4) is 11.5 Å². The number of methoxy groups -OCH3 is 2. The molecule has 7 aromatic carbocycles. The van der Waals surface area contributed by atoms with Crippen molar-refractivity contribution in [3.05, 3.63) is 239 Å². The second kappa shape index (κ2) is 29.5. The van der Waals surface area contributed by atoms with Crippen molar-refractivity contribution in [3.63, 3.8) is 0 Å². The highest BCUT2D eigenvalue weighted by atomic mass is 16.7. The Kier molecular flexibility index (Phi) is 21.0. The summed E-state index contributed by atoms with van der Waals surface area (Å²) in [6.07, 6.45) is -8.03. The first-order valence-corrected chi connectivity index (χ1v) is 27.8. The van der Waals surface area contributed by atoms with Crippen LogP contribution in [0.3, 0.4) is 0 Å². The van der Waals surface area contributed by atoms with Gasteiger partial charge in [0.25, 0.3) is 0 Å². The number of hydrogen-bond acceptors (Lipinski definition) is 17. The van der Waals surface area contributed by atoms with Crippen LogP contribution in [0.25, 0.3) is 0 Å². The predicted octanol–water partition coefficient (Wildman–Crippen LogP) is 8.38. The summed E-state index contributed by atoms with van der Waals surface area (Å²) in [6.45, 7) is -2.09. The summed E-state index contributed by atoms with van der Waals surface area (Å²) in [4.78, 5) is 82.8. The zero-order chi connectivity index (χ0) is 59.5. The van der Waals surface area contributed by atoms with Gasteiger partial charge in [-0.3, -0.25) is 9.59 Å². The van der Waals surface area contributed by atoms with Gasteiger partial charge in [-0.05, 0) is 108 Å². The first-order chi connectivity index (χ1) is 41.5. The second-order valence-corrected chi connectivity index (χ2v) is 20.2. The molecule has 1 aliphatic heterocycles. The van der Waals surface area contributed by atoms with Crippen molar-refractivity contribution in [1.29, 1.82) is 0 Å². The molecular weight excluding hydrogens is 1090 g/mol. The molecular formula is C67H65NO17. The number of carbonyl (C=O) groups is 6. The predicted molar refractivity (Wildman–Crippen MR) is 308 cm³/mol. The van der Waals surface area contributed by atoms with Crippen molar-refractivity contribution >= 4 is 35.6 Å². The lowest BCUT2D eigenvalue weighted by atomic mass is 9.79. The molecule has 1 heterocycles. The standard InChI is InChI=1S/C67H65NO17/c1-76-52-32-28-50(29-33-52)67(49-26-16-7-17-27-49,51-30-34-53(77-2)35-31-51)85-54-38-48(40-69)55(39-54)56(70)41-78-37-36-68-58(71)43-80-66-61(84-65(75)47-24-14-6-15-25-47)60(83-64(74)46-22-12-5-13-23-46)59(82-63(73)45-20-10-4-11-21-45)57(81-66)42-79-62(72)44-18-8-3-9-19-44/h3-35,48,54-55,57,59-61,66,69H,36-43H2,1-2H3,(H,68,71)/t48-,54-,55?,57?,59-,60-,61?,66+/m0/s1. The van der Waals surface area contributed by atoms with Crippen LogP contribution in [-0.4, -0.2) is 131 Å². The molecule has 0 radical (unpaired) electrons. The van der Waals surface area contributed by atoms with Gasteiger partial charge in [-0.15, -0.1) is 0 Å². The summed E-state index contributed by atoms with van der Waals surface area (Å²) in [6, 6.07) is 56.9. The van der Waals surface area contributed by atoms with Crippen LogP contribution in [0, 0.1) is 11.8 Å². The minimum Gasteiger partial charge on any atom is -0.497 e. The third-order valence-corrected chi connectivity index (χ3v) is 14.7. The fourth-order valence-corrected chi connectivity index (χ4v) is 10.5. The first kappa shape index (κ1) is 60.5. The zero-order valence-electron chi connectivity index (χ0n) is 46.8. The monoisotopic (exact) mass is 1160 g/mol. The van der Waals surface area contributed by atoms with E-state index in [0.29, 0.717) is 24.3 Å². The molecule has 0 aromatic heterocycles. The number of nitrogens with one attached hydrogen (secondary N) is 1. The van der Waals surface area contributed by atoms with Crippen molar-refractivity contribution in [1.82, 2.24) is 5.32 Å². The van der Waals surface area contributed by atoms with Gasteiger partial charge in [0.15, 0.2) is 30.4 Å². The van der Waals surface area contributed by atoms with Crippen molar-refractivity contribution in [2.24, 2.45) is 11.8 Å². The lowest BCUT2D eigenvalue weighted by Gasteiger charge is -2.44. The number of carbonyl (C=O) groups excluding carboxylic acids is 6. The fourth-order valence-electron chi connectivity index (χ4n) is 10.5. The molecule has 440 valence electrons. The third kappa shape index (κ3) is 15.2. The van der Waals surface area contributed by atoms with Gasteiger partial charge in [-0.2, -0.15) is 0 Å². The molecule has 18 nitrogen and oxygen atoms in total. The normalized spacial score (nSPS) is 20.0. The Morgan fingerprint density at radius 2 is 0.976 bits per heavy atom. The van der Waals surface area contributed by atoms with Crippen LogP contribution in [0.4, 0.5) is 0 Å². The molecule has 18 heteroatoms. The molecule has 2 aliphatic rings. The average molecular weight is 1160 g/mol. The van der Waals surface area contributed by atoms with Gasteiger partial charge in [0.2, 0.25) is 5.91 Å². The van der Waals surface area contributed by atoms with Crippen LogP contribution in [0.1, 0.15) is 71.0 Å². The Balaban J connectivity index is 0.883. The average Bonchev–Trinajstić information content (AvgIpc) is 2.12. The van der Waals surface area contributed by atoms with Crippen LogP contribution < -0.4 is 14.8 Å². The van der Waals surface area contributed by atoms with Crippen LogP contribution >= 0.6 is 0 Å². The van der Waals surface area contributed by atoms with E-state index in [9.17, 15) is 33.9 Å². The third-order valence-electron chi connectivity index (χ3n) is 14.7. The molecule has 1 saturated heterocycles. The van der Waals surface area contributed by atoms with Gasteiger partial charge < -0.3 is 57.8 Å². The van der Waals surface area contributed by atoms with E-state index >= 15 is 0 Å². The maximum absolute atomic E-state index is 14.0. The topological polar surface area (TPSA) is 227 Å². The highest BCUT2D eigenvalue weighted by Crippen LogP contribution is 2.46. The Hall–Kier alpha value is -9.04. The van der Waals surface area contributed by atoms with Crippen molar-refractivity contribution in [2.75, 3.05) is 53.8 Å². The minimum absolute atomic E-state index is 0.0799. The molecule has 2 fully saturated rings. The molecule has 85 heavy (non-hydrogen) atoms. The van der Waals surface area contributed by atoms with Crippen LogP contribution in [-0.2, 0) is 53.1 Å². The largest absolute Gasteiger partial charge is 0.497 e. The number of ether oxygens (including phenoxy) is 10. The minimum atomic E-state index is -1.73. The van der Waals surface area contributed by atoms with Crippen molar-refractivity contribution in [2.45, 2.75) is 55.3 Å². The molecule has 1 amide bonds. The van der Waals surface area contributed by atoms with E-state index < -0.39 is 97.2 Å². The molecule has 0 spiro atoms. The number of esters is 4. The lowest BCUT2D eigenvalue weighted by molar-refractivity contribution is -0.296. The Morgan fingerprint density at radius 3 is 1.46 bits per heavy atom. The fraction of sp³-hybridized carbons (Fsp3) is 0.284. The summed E-state index contributed by atoms with van der Waals surface area (Å²) in [5, 5.41) is 13.3. The summed E-state index contributed by atoms with van der Waals surface area (Å²) in [7, 11) is 3.20. The molecule has 9 rings (SSSR count). The number of aliphatic hydroxyl groups is 1. The Morgan fingerprint density at radius 1 is 0.529 bits per heavy atom. The number of hydrogen-bond donors (Lipinski definition) is 2. The highest BCUT2D eigenvalue weighted by molar-refractivity contribution is 5.92. The van der Waals surface area contributed by atoms with E-state index in [1.165, 1.54) is 48.5 Å². The molecule has 7 aromatic rings. The van der Waals surface area contributed by atoms with Crippen LogP contribution in [0.15, 0.2) is 200 Å². The maximum Gasteiger partial charge on any atom is 0.338 e. The zero-order valence-corrected chi connectivity index (χ0v) is 46.8. The molecule has 2 N–H and O–H groups in total. The van der Waals surface area contributed by atoms with E-state index in [2.05, 4.69) is 5.32 Å². The highest BCUT2D eigenvalue weighted by Gasteiger charge is 2.54. The maximum atomic E-state index is 14.0. The summed E-state index contributed by atoms with van der Waals surface area (Å²) in [5.41, 5.74) is 1.84. The van der Waals surface area contributed by atoms with E-state index in [-0.39, 0.29) is 54.4 Å². The van der Waals surface area contributed by atoms with Crippen LogP contribution in [0.5, 0.6) is 11.5 Å². The van der Waals surface area contributed by atoms with Gasteiger partial charge in [0, 0.05) is 19.1 Å². The molecule has 0 bridgehead atoms. The van der Waals surface area contributed by atoms with Gasteiger partial charge in [0.05, 0.1) is 49.2 Å². The smallest absolute Gasteiger partial charge is 0.338 e. The number of ketones is 1. The number of rotatable bonds is 26. The SMILES string of the molecule is COc1ccc(C(O[C@@H]2CC(C(=O)COCCNC(=O)CO[C@@H]3OC(COC(=O)c4ccccc4)[C@H](OC(=O)c4ccccc4)[C@H](OC(=O)c4ccccc4)C3OC(=O)c3ccccc3)[C@H](CO)C2)(c2ccccc2)c2ccc(OC)cc2)cc1. The van der Waals surface area contributed by atoms with Crippen LogP contribution in [0.2, 0.25) is 0 Å². The Labute approximate surface area is 491 Å². The number of amides is 1. The molecule has 3 unspecified atom stereocenters. The quantitative estimate of drug-likeness (QED) is 0.0225. The summed E-state index contributed by atoms with van der Waals surface area (Å²) in [5.74, 6) is -4.10. The van der Waals surface area contributed by atoms with Crippen molar-refractivity contribution < 1.29 is 81.2 Å². The Bertz CT molecular complexity index is 3250. The first-order valence-electron chi connectivity index (χ1n) is 27.8. The molecule has 8 atom stereocenters.